The predicted molar refractivity (Wildman–Crippen MR) is 76.7 cm³/mol. The molecule has 5 nitrogen and oxygen atoms in total. The molecule has 0 fully saturated rings. The summed E-state index contributed by atoms with van der Waals surface area (Å²) in [4.78, 5) is 26.5. The van der Waals surface area contributed by atoms with E-state index in [1.54, 1.807) is 0 Å². The summed E-state index contributed by atoms with van der Waals surface area (Å²) in [5, 5.41) is 11.6. The minimum Gasteiger partial charge on any atom is -0.478 e. The molecular formula is C15H22N2O3. The van der Waals surface area contributed by atoms with E-state index in [1.165, 1.54) is 18.3 Å². The van der Waals surface area contributed by atoms with E-state index in [0.29, 0.717) is 24.3 Å². The van der Waals surface area contributed by atoms with Crippen molar-refractivity contribution in [2.24, 2.45) is 17.8 Å². The van der Waals surface area contributed by atoms with Crippen LogP contribution in [0.3, 0.4) is 0 Å². The molecule has 0 aliphatic carbocycles. The van der Waals surface area contributed by atoms with Gasteiger partial charge < -0.3 is 10.4 Å². The number of carboxylic acid groups (broad SMARTS) is 1. The third-order valence-corrected chi connectivity index (χ3v) is 3.45. The number of hydrogen-bond donors (Lipinski definition) is 2. The molecule has 0 saturated heterocycles. The number of rotatable bonds is 6. The molecule has 0 unspecified atom stereocenters. The van der Waals surface area contributed by atoms with Crippen LogP contribution in [0.15, 0.2) is 18.3 Å². The van der Waals surface area contributed by atoms with Crippen molar-refractivity contribution in [1.29, 1.82) is 0 Å². The minimum atomic E-state index is -1.05. The van der Waals surface area contributed by atoms with Gasteiger partial charge in [-0.3, -0.25) is 9.78 Å². The largest absolute Gasteiger partial charge is 0.478 e. The van der Waals surface area contributed by atoms with Crippen molar-refractivity contribution in [2.45, 2.75) is 27.7 Å². The molecular weight excluding hydrogens is 256 g/mol. The molecule has 1 aromatic rings. The Labute approximate surface area is 119 Å². The third kappa shape index (κ3) is 4.33. The van der Waals surface area contributed by atoms with Gasteiger partial charge in [-0.25, -0.2) is 4.79 Å². The fourth-order valence-electron chi connectivity index (χ4n) is 2.20. The summed E-state index contributed by atoms with van der Waals surface area (Å²) in [7, 11) is 0. The van der Waals surface area contributed by atoms with E-state index in [1.807, 2.05) is 0 Å². The van der Waals surface area contributed by atoms with Gasteiger partial charge >= 0.3 is 5.97 Å². The summed E-state index contributed by atoms with van der Waals surface area (Å²) in [5.74, 6) is 0.0462. The zero-order valence-corrected chi connectivity index (χ0v) is 12.4. The number of nitrogens with zero attached hydrogens (tertiary/aromatic N) is 1. The number of nitrogens with one attached hydrogen (secondary N) is 1. The first-order valence-electron chi connectivity index (χ1n) is 6.80. The molecule has 0 saturated carbocycles. The number of hydrogen-bond acceptors (Lipinski definition) is 3. The highest BCUT2D eigenvalue weighted by molar-refractivity contribution is 5.93. The monoisotopic (exact) mass is 278 g/mol. The Balaban J connectivity index is 2.64. The molecule has 1 heterocycles. The second-order valence-electron chi connectivity index (χ2n) is 5.60. The maximum absolute atomic E-state index is 12.0. The first-order valence-corrected chi connectivity index (χ1v) is 6.80. The quantitative estimate of drug-likeness (QED) is 0.837. The Morgan fingerprint density at radius 2 is 1.80 bits per heavy atom. The second kappa shape index (κ2) is 7.03. The number of amides is 1. The number of carboxylic acids is 1. The van der Waals surface area contributed by atoms with Crippen LogP contribution in [-0.4, -0.2) is 28.5 Å². The fourth-order valence-corrected chi connectivity index (χ4v) is 2.20. The summed E-state index contributed by atoms with van der Waals surface area (Å²) in [6.45, 7) is 9.14. The van der Waals surface area contributed by atoms with Gasteiger partial charge in [0.05, 0.1) is 5.56 Å². The molecule has 110 valence electrons. The van der Waals surface area contributed by atoms with Crippen molar-refractivity contribution in [2.75, 3.05) is 6.54 Å². The van der Waals surface area contributed by atoms with E-state index in [-0.39, 0.29) is 17.2 Å². The van der Waals surface area contributed by atoms with Crippen molar-refractivity contribution >= 4 is 11.9 Å². The number of aromatic carboxylic acids is 1. The summed E-state index contributed by atoms with van der Waals surface area (Å²) in [5.41, 5.74) is 0.310. The van der Waals surface area contributed by atoms with Gasteiger partial charge in [-0.05, 0) is 29.9 Å². The second-order valence-corrected chi connectivity index (χ2v) is 5.60. The lowest BCUT2D eigenvalue weighted by molar-refractivity contribution is 0.0695. The molecule has 2 N–H and O–H groups in total. The van der Waals surface area contributed by atoms with Crippen LogP contribution < -0.4 is 5.32 Å². The Hall–Kier alpha value is -1.91. The molecule has 0 radical (unpaired) electrons. The van der Waals surface area contributed by atoms with Crippen molar-refractivity contribution < 1.29 is 14.7 Å². The summed E-state index contributed by atoms with van der Waals surface area (Å²) < 4.78 is 0. The van der Waals surface area contributed by atoms with Crippen molar-refractivity contribution in [1.82, 2.24) is 10.3 Å². The average Bonchev–Trinajstić information content (AvgIpc) is 2.38. The van der Waals surface area contributed by atoms with E-state index < -0.39 is 5.97 Å². The van der Waals surface area contributed by atoms with Gasteiger partial charge in [0.15, 0.2) is 0 Å². The van der Waals surface area contributed by atoms with Crippen LogP contribution in [0.5, 0.6) is 0 Å². The molecule has 0 aliphatic rings. The van der Waals surface area contributed by atoms with E-state index in [9.17, 15) is 9.59 Å². The van der Waals surface area contributed by atoms with Crippen LogP contribution in [-0.2, 0) is 0 Å². The zero-order valence-electron chi connectivity index (χ0n) is 12.4. The SMILES string of the molecule is CC(C)C(CNC(=O)c1ccc(C(=O)O)cn1)C(C)C. The topological polar surface area (TPSA) is 79.3 Å². The summed E-state index contributed by atoms with van der Waals surface area (Å²) in [6, 6.07) is 2.81. The first kappa shape index (κ1) is 16.1. The number of carbonyl (C=O) groups excluding carboxylic acids is 1. The van der Waals surface area contributed by atoms with Crippen LogP contribution in [0.4, 0.5) is 0 Å². The molecule has 5 heteroatoms. The maximum Gasteiger partial charge on any atom is 0.337 e. The maximum atomic E-state index is 12.0. The molecule has 0 spiro atoms. The van der Waals surface area contributed by atoms with Gasteiger partial charge in [0.2, 0.25) is 0 Å². The van der Waals surface area contributed by atoms with E-state index in [2.05, 4.69) is 38.0 Å². The molecule has 1 rings (SSSR count). The van der Waals surface area contributed by atoms with Gasteiger partial charge in [0, 0.05) is 12.7 Å². The molecule has 0 aliphatic heterocycles. The van der Waals surface area contributed by atoms with Gasteiger partial charge in [-0.15, -0.1) is 0 Å². The van der Waals surface area contributed by atoms with Crippen molar-refractivity contribution in [3.05, 3.63) is 29.6 Å². The fraction of sp³-hybridized carbons (Fsp3) is 0.533. The summed E-state index contributed by atoms with van der Waals surface area (Å²) >= 11 is 0. The molecule has 0 aromatic carbocycles. The highest BCUT2D eigenvalue weighted by atomic mass is 16.4. The number of pyridine rings is 1. The molecule has 0 atom stereocenters. The van der Waals surface area contributed by atoms with Crippen LogP contribution >= 0.6 is 0 Å². The van der Waals surface area contributed by atoms with Crippen molar-refractivity contribution in [3.63, 3.8) is 0 Å². The van der Waals surface area contributed by atoms with Gasteiger partial charge in [0.25, 0.3) is 5.91 Å². The number of aromatic nitrogens is 1. The number of carbonyl (C=O) groups is 2. The molecule has 1 amide bonds. The van der Waals surface area contributed by atoms with Crippen LogP contribution in [0.1, 0.15) is 48.5 Å². The Kier molecular flexibility index (Phi) is 5.67. The standard InChI is InChI=1S/C15H22N2O3/c1-9(2)12(10(3)4)8-17-14(18)13-6-5-11(7-16-13)15(19)20/h5-7,9-10,12H,8H2,1-4H3,(H,17,18)(H,19,20). The van der Waals surface area contributed by atoms with E-state index in [0.717, 1.165) is 0 Å². The normalized spacial score (nSPS) is 11.2. The Morgan fingerprint density at radius 1 is 1.20 bits per heavy atom. The van der Waals surface area contributed by atoms with Crippen LogP contribution in [0.25, 0.3) is 0 Å². The molecule has 0 bridgehead atoms. The minimum absolute atomic E-state index is 0.0730. The smallest absolute Gasteiger partial charge is 0.337 e. The Bertz CT molecular complexity index is 459. The average molecular weight is 278 g/mol. The summed E-state index contributed by atoms with van der Waals surface area (Å²) in [6.07, 6.45) is 1.19. The lowest BCUT2D eigenvalue weighted by Crippen LogP contribution is -2.34. The van der Waals surface area contributed by atoms with E-state index in [4.69, 9.17) is 5.11 Å². The predicted octanol–water partition coefficient (Wildman–Crippen LogP) is 2.44. The lowest BCUT2D eigenvalue weighted by Gasteiger charge is -2.24. The highest BCUT2D eigenvalue weighted by Crippen LogP contribution is 2.19. The van der Waals surface area contributed by atoms with Crippen LogP contribution in [0, 0.1) is 17.8 Å². The van der Waals surface area contributed by atoms with Crippen molar-refractivity contribution in [3.8, 4) is 0 Å². The highest BCUT2D eigenvalue weighted by Gasteiger charge is 2.19. The first-order chi connectivity index (χ1) is 9.32. The zero-order chi connectivity index (χ0) is 15.3. The third-order valence-electron chi connectivity index (χ3n) is 3.45. The van der Waals surface area contributed by atoms with Gasteiger partial charge in [-0.1, -0.05) is 27.7 Å². The van der Waals surface area contributed by atoms with E-state index >= 15 is 0 Å². The lowest BCUT2D eigenvalue weighted by atomic mass is 9.85. The van der Waals surface area contributed by atoms with Crippen LogP contribution in [0.2, 0.25) is 0 Å². The molecule has 1 aromatic heterocycles. The molecule has 20 heavy (non-hydrogen) atoms. The van der Waals surface area contributed by atoms with Gasteiger partial charge in [-0.2, -0.15) is 0 Å². The Morgan fingerprint density at radius 3 is 2.20 bits per heavy atom. The van der Waals surface area contributed by atoms with Gasteiger partial charge in [0.1, 0.15) is 5.69 Å².